The molecule has 0 amide bonds. The lowest BCUT2D eigenvalue weighted by molar-refractivity contribution is 0.415. The number of hydrogen-bond donors (Lipinski definition) is 0. The molecule has 3 aromatic rings. The van der Waals surface area contributed by atoms with Gasteiger partial charge in [-0.05, 0) is 36.1 Å². The van der Waals surface area contributed by atoms with Crippen LogP contribution in [0, 0.1) is 18.3 Å². The van der Waals surface area contributed by atoms with Crippen LogP contribution in [0.3, 0.4) is 0 Å². The van der Waals surface area contributed by atoms with E-state index in [2.05, 4.69) is 11.1 Å². The molecule has 3 heteroatoms. The number of aryl methyl sites for hydroxylation is 1. The van der Waals surface area contributed by atoms with Crippen molar-refractivity contribution in [2.45, 2.75) is 6.92 Å². The van der Waals surface area contributed by atoms with Crippen molar-refractivity contribution in [1.82, 2.24) is 4.98 Å². The number of methoxy groups -OCH3 is 1. The molecule has 3 nitrogen and oxygen atoms in total. The summed E-state index contributed by atoms with van der Waals surface area (Å²) in [5, 5.41) is 11.5. The van der Waals surface area contributed by atoms with E-state index >= 15 is 0 Å². The number of benzene rings is 2. The molecule has 0 saturated carbocycles. The molecule has 102 valence electrons. The second kappa shape index (κ2) is 5.26. The highest BCUT2D eigenvalue weighted by molar-refractivity contribution is 6.00. The largest absolute Gasteiger partial charge is 0.497 e. The monoisotopic (exact) mass is 274 g/mol. The van der Waals surface area contributed by atoms with Crippen LogP contribution < -0.4 is 4.74 Å². The second-order valence-electron chi connectivity index (χ2n) is 4.81. The van der Waals surface area contributed by atoms with E-state index in [-0.39, 0.29) is 0 Å². The average molecular weight is 274 g/mol. The van der Waals surface area contributed by atoms with Gasteiger partial charge < -0.3 is 4.74 Å². The predicted molar refractivity (Wildman–Crippen MR) is 83.2 cm³/mol. The third-order valence-electron chi connectivity index (χ3n) is 3.57. The number of ether oxygens (including phenoxy) is 1. The Labute approximate surface area is 123 Å². The summed E-state index contributed by atoms with van der Waals surface area (Å²) < 4.78 is 5.32. The van der Waals surface area contributed by atoms with Crippen LogP contribution in [0.5, 0.6) is 5.75 Å². The van der Waals surface area contributed by atoms with Crippen LogP contribution in [0.1, 0.15) is 11.4 Å². The summed E-state index contributed by atoms with van der Waals surface area (Å²) in [7, 11) is 1.64. The summed E-state index contributed by atoms with van der Waals surface area (Å²) >= 11 is 0. The van der Waals surface area contributed by atoms with E-state index in [4.69, 9.17) is 4.74 Å². The number of fused-ring (bicyclic) bond motifs is 1. The minimum Gasteiger partial charge on any atom is -0.497 e. The van der Waals surface area contributed by atoms with Gasteiger partial charge in [0.25, 0.3) is 0 Å². The van der Waals surface area contributed by atoms with Gasteiger partial charge in [0, 0.05) is 16.6 Å². The van der Waals surface area contributed by atoms with Crippen molar-refractivity contribution in [2.75, 3.05) is 7.11 Å². The zero-order valence-electron chi connectivity index (χ0n) is 11.9. The van der Waals surface area contributed by atoms with Gasteiger partial charge in [-0.25, -0.2) is 4.98 Å². The quantitative estimate of drug-likeness (QED) is 0.707. The number of pyridine rings is 1. The fourth-order valence-electron chi connectivity index (χ4n) is 2.56. The highest BCUT2D eigenvalue weighted by Gasteiger charge is 2.14. The molecule has 0 bridgehead atoms. The third kappa shape index (κ3) is 2.21. The van der Waals surface area contributed by atoms with Gasteiger partial charge >= 0.3 is 0 Å². The van der Waals surface area contributed by atoms with Gasteiger partial charge in [0.1, 0.15) is 17.5 Å². The molecule has 3 rings (SSSR count). The Morgan fingerprint density at radius 1 is 1.05 bits per heavy atom. The fraction of sp³-hybridized carbons (Fsp3) is 0.111. The van der Waals surface area contributed by atoms with Gasteiger partial charge in [-0.1, -0.05) is 30.3 Å². The SMILES string of the molecule is COc1ccc2c(C)nc(C#N)c(-c3ccccc3)c2c1. The Hall–Kier alpha value is -2.86. The molecule has 21 heavy (non-hydrogen) atoms. The molecular weight excluding hydrogens is 260 g/mol. The molecular formula is C18H14N2O. The lowest BCUT2D eigenvalue weighted by atomic mass is 9.96. The highest BCUT2D eigenvalue weighted by atomic mass is 16.5. The maximum absolute atomic E-state index is 9.45. The molecule has 0 aliphatic heterocycles. The van der Waals surface area contributed by atoms with Gasteiger partial charge in [-0.3, -0.25) is 0 Å². The molecule has 0 unspecified atom stereocenters. The van der Waals surface area contributed by atoms with Crippen LogP contribution >= 0.6 is 0 Å². The molecule has 1 heterocycles. The summed E-state index contributed by atoms with van der Waals surface area (Å²) in [4.78, 5) is 4.45. The van der Waals surface area contributed by atoms with Crippen molar-refractivity contribution in [3.8, 4) is 22.9 Å². The smallest absolute Gasteiger partial charge is 0.149 e. The number of rotatable bonds is 2. The molecule has 0 aliphatic rings. The molecule has 0 fully saturated rings. The lowest BCUT2D eigenvalue weighted by Crippen LogP contribution is -1.96. The van der Waals surface area contributed by atoms with E-state index in [1.807, 2.05) is 55.5 Å². The standard InChI is InChI=1S/C18H14N2O/c1-12-15-9-8-14(21-2)10-16(15)18(17(11-19)20-12)13-6-4-3-5-7-13/h3-10H,1-2H3. The summed E-state index contributed by atoms with van der Waals surface area (Å²) in [6.45, 7) is 1.92. The molecule has 0 spiro atoms. The van der Waals surface area contributed by atoms with E-state index in [0.29, 0.717) is 5.69 Å². The van der Waals surface area contributed by atoms with Gasteiger partial charge in [0.15, 0.2) is 0 Å². The summed E-state index contributed by atoms with van der Waals surface area (Å²) in [6.07, 6.45) is 0. The maximum atomic E-state index is 9.45. The van der Waals surface area contributed by atoms with Gasteiger partial charge in [0.2, 0.25) is 0 Å². The van der Waals surface area contributed by atoms with Gasteiger partial charge in [-0.15, -0.1) is 0 Å². The Bertz CT molecular complexity index is 848. The summed E-state index contributed by atoms with van der Waals surface area (Å²) in [5.74, 6) is 0.772. The first-order valence-electron chi connectivity index (χ1n) is 6.68. The molecule has 2 aromatic carbocycles. The summed E-state index contributed by atoms with van der Waals surface area (Å²) in [6, 6.07) is 17.9. The van der Waals surface area contributed by atoms with E-state index in [9.17, 15) is 5.26 Å². The zero-order valence-corrected chi connectivity index (χ0v) is 11.9. The maximum Gasteiger partial charge on any atom is 0.149 e. The first-order chi connectivity index (χ1) is 10.2. The molecule has 0 aliphatic carbocycles. The van der Waals surface area contributed by atoms with Crippen molar-refractivity contribution < 1.29 is 4.74 Å². The van der Waals surface area contributed by atoms with E-state index in [1.54, 1.807) is 7.11 Å². The van der Waals surface area contributed by atoms with Crippen molar-refractivity contribution in [3.05, 3.63) is 59.9 Å². The number of nitrogens with zero attached hydrogens (tertiary/aromatic N) is 2. The Balaban J connectivity index is 2.45. The van der Waals surface area contributed by atoms with Crippen molar-refractivity contribution in [2.24, 2.45) is 0 Å². The molecule has 1 aromatic heterocycles. The highest BCUT2D eigenvalue weighted by Crippen LogP contribution is 2.34. The van der Waals surface area contributed by atoms with Gasteiger partial charge in [-0.2, -0.15) is 5.26 Å². The Morgan fingerprint density at radius 2 is 1.81 bits per heavy atom. The molecule has 0 radical (unpaired) electrons. The molecule has 0 atom stereocenters. The third-order valence-corrected chi connectivity index (χ3v) is 3.57. The first-order valence-corrected chi connectivity index (χ1v) is 6.68. The topological polar surface area (TPSA) is 45.9 Å². The predicted octanol–water partition coefficient (Wildman–Crippen LogP) is 4.09. The first kappa shape index (κ1) is 13.1. The van der Waals surface area contributed by atoms with Crippen LogP contribution in [0.2, 0.25) is 0 Å². The van der Waals surface area contributed by atoms with Crippen molar-refractivity contribution in [3.63, 3.8) is 0 Å². The normalized spacial score (nSPS) is 10.3. The Kier molecular flexibility index (Phi) is 3.29. The number of aromatic nitrogens is 1. The van der Waals surface area contributed by atoms with Crippen LogP contribution in [-0.2, 0) is 0 Å². The van der Waals surface area contributed by atoms with Gasteiger partial charge in [0.05, 0.1) is 7.11 Å². The second-order valence-corrected chi connectivity index (χ2v) is 4.81. The minimum atomic E-state index is 0.444. The Morgan fingerprint density at radius 3 is 2.48 bits per heavy atom. The van der Waals surface area contributed by atoms with Crippen molar-refractivity contribution in [1.29, 1.82) is 5.26 Å². The van der Waals surface area contributed by atoms with Crippen LogP contribution in [0.25, 0.3) is 21.9 Å². The lowest BCUT2D eigenvalue weighted by Gasteiger charge is -2.12. The van der Waals surface area contributed by atoms with Crippen LogP contribution in [0.4, 0.5) is 0 Å². The zero-order chi connectivity index (χ0) is 14.8. The minimum absolute atomic E-state index is 0.444. The summed E-state index contributed by atoms with van der Waals surface area (Å²) in [5.41, 5.74) is 3.14. The van der Waals surface area contributed by atoms with E-state index in [0.717, 1.165) is 33.3 Å². The molecule has 0 N–H and O–H groups in total. The average Bonchev–Trinajstić information content (AvgIpc) is 2.54. The van der Waals surface area contributed by atoms with Crippen molar-refractivity contribution >= 4 is 10.8 Å². The number of hydrogen-bond acceptors (Lipinski definition) is 3. The van der Waals surface area contributed by atoms with Crippen LogP contribution in [-0.4, -0.2) is 12.1 Å². The van der Waals surface area contributed by atoms with E-state index < -0.39 is 0 Å². The van der Waals surface area contributed by atoms with E-state index in [1.165, 1.54) is 0 Å². The fourth-order valence-corrected chi connectivity index (χ4v) is 2.56. The molecule has 0 saturated heterocycles. The number of nitriles is 1. The van der Waals surface area contributed by atoms with Crippen LogP contribution in [0.15, 0.2) is 48.5 Å².